The molecule has 0 bridgehead atoms. The van der Waals surface area contributed by atoms with Gasteiger partial charge in [0.1, 0.15) is 4.99 Å². The zero-order valence-electron chi connectivity index (χ0n) is 12.1. The first-order chi connectivity index (χ1) is 10.2. The van der Waals surface area contributed by atoms with Gasteiger partial charge in [0.25, 0.3) is 5.91 Å². The Kier molecular flexibility index (Phi) is 6.14. The van der Waals surface area contributed by atoms with E-state index in [2.05, 4.69) is 5.32 Å². The number of carbonyl (C=O) groups is 1. The van der Waals surface area contributed by atoms with Crippen molar-refractivity contribution in [2.45, 2.75) is 38.2 Å². The van der Waals surface area contributed by atoms with Crippen LogP contribution in [0.5, 0.6) is 0 Å². The number of thiocarbonyl (C=S) groups is 1. The van der Waals surface area contributed by atoms with Gasteiger partial charge in [-0.25, -0.2) is 0 Å². The van der Waals surface area contributed by atoms with Crippen LogP contribution in [0, 0.1) is 0 Å². The Morgan fingerprint density at radius 3 is 2.71 bits per heavy atom. The highest BCUT2D eigenvalue weighted by atomic mass is 32.1. The lowest BCUT2D eigenvalue weighted by Gasteiger charge is -2.22. The standard InChI is InChI=1S/C16H22N2O2S/c17-15(21)12-5-4-6-13(11-12)16(19)18-9-10-20-14-7-2-1-3-8-14/h4-6,11,14H,1-3,7-10H2,(H2,17,21)(H,18,19). The molecule has 21 heavy (non-hydrogen) atoms. The summed E-state index contributed by atoms with van der Waals surface area (Å²) in [5.41, 5.74) is 6.84. The molecule has 1 fully saturated rings. The molecule has 0 aromatic heterocycles. The van der Waals surface area contributed by atoms with Gasteiger partial charge in [0.15, 0.2) is 0 Å². The highest BCUT2D eigenvalue weighted by Crippen LogP contribution is 2.19. The number of nitrogens with two attached hydrogens (primary N) is 1. The molecule has 2 rings (SSSR count). The molecule has 1 amide bonds. The molecule has 1 aliphatic rings. The maximum atomic E-state index is 12.0. The van der Waals surface area contributed by atoms with Crippen molar-refractivity contribution < 1.29 is 9.53 Å². The number of nitrogens with one attached hydrogen (secondary N) is 1. The van der Waals surface area contributed by atoms with Gasteiger partial charge in [-0.1, -0.05) is 43.6 Å². The average molecular weight is 306 g/mol. The topological polar surface area (TPSA) is 64.4 Å². The van der Waals surface area contributed by atoms with E-state index in [4.69, 9.17) is 22.7 Å². The molecule has 0 saturated heterocycles. The van der Waals surface area contributed by atoms with E-state index in [9.17, 15) is 4.79 Å². The molecule has 0 heterocycles. The second-order valence-corrected chi connectivity index (χ2v) is 5.77. The van der Waals surface area contributed by atoms with Crippen LogP contribution in [0.4, 0.5) is 0 Å². The molecule has 0 aliphatic heterocycles. The normalized spacial score (nSPS) is 15.6. The largest absolute Gasteiger partial charge is 0.389 e. The van der Waals surface area contributed by atoms with Crippen LogP contribution in [-0.4, -0.2) is 30.2 Å². The fourth-order valence-electron chi connectivity index (χ4n) is 2.54. The minimum Gasteiger partial charge on any atom is -0.389 e. The zero-order chi connectivity index (χ0) is 15.1. The molecule has 4 nitrogen and oxygen atoms in total. The highest BCUT2D eigenvalue weighted by Gasteiger charge is 2.13. The summed E-state index contributed by atoms with van der Waals surface area (Å²) in [7, 11) is 0. The van der Waals surface area contributed by atoms with Crippen molar-refractivity contribution in [2.24, 2.45) is 5.73 Å². The van der Waals surface area contributed by atoms with Crippen molar-refractivity contribution in [3.63, 3.8) is 0 Å². The van der Waals surface area contributed by atoms with E-state index in [0.29, 0.717) is 35.4 Å². The maximum Gasteiger partial charge on any atom is 0.251 e. The zero-order valence-corrected chi connectivity index (χ0v) is 13.0. The summed E-state index contributed by atoms with van der Waals surface area (Å²) in [5, 5.41) is 2.86. The van der Waals surface area contributed by atoms with Gasteiger partial charge in [0, 0.05) is 17.7 Å². The Morgan fingerprint density at radius 1 is 1.29 bits per heavy atom. The van der Waals surface area contributed by atoms with Crippen LogP contribution in [0.1, 0.15) is 48.0 Å². The van der Waals surface area contributed by atoms with Crippen LogP contribution in [-0.2, 0) is 4.74 Å². The SMILES string of the molecule is NC(=S)c1cccc(C(=O)NCCOC2CCCCC2)c1. The predicted molar refractivity (Wildman–Crippen MR) is 87.5 cm³/mol. The van der Waals surface area contributed by atoms with Crippen molar-refractivity contribution in [1.29, 1.82) is 0 Å². The third-order valence-corrected chi connectivity index (χ3v) is 3.94. The first kappa shape index (κ1) is 15.9. The summed E-state index contributed by atoms with van der Waals surface area (Å²) in [6, 6.07) is 7.03. The summed E-state index contributed by atoms with van der Waals surface area (Å²) in [5.74, 6) is -0.125. The van der Waals surface area contributed by atoms with Gasteiger partial charge in [-0.05, 0) is 25.0 Å². The van der Waals surface area contributed by atoms with Gasteiger partial charge < -0.3 is 15.8 Å². The Morgan fingerprint density at radius 2 is 2.00 bits per heavy atom. The van der Waals surface area contributed by atoms with Crippen LogP contribution in [0.3, 0.4) is 0 Å². The maximum absolute atomic E-state index is 12.0. The number of carbonyl (C=O) groups excluding carboxylic acids is 1. The first-order valence-corrected chi connectivity index (χ1v) is 7.87. The molecular weight excluding hydrogens is 284 g/mol. The van der Waals surface area contributed by atoms with Crippen molar-refractivity contribution in [2.75, 3.05) is 13.2 Å². The van der Waals surface area contributed by atoms with Crippen LogP contribution in [0.15, 0.2) is 24.3 Å². The van der Waals surface area contributed by atoms with Gasteiger partial charge in [-0.3, -0.25) is 4.79 Å². The molecule has 114 valence electrons. The number of amides is 1. The van der Waals surface area contributed by atoms with Gasteiger partial charge in [-0.15, -0.1) is 0 Å². The van der Waals surface area contributed by atoms with Crippen LogP contribution >= 0.6 is 12.2 Å². The third-order valence-electron chi connectivity index (χ3n) is 3.70. The molecule has 5 heteroatoms. The summed E-state index contributed by atoms with van der Waals surface area (Å²) in [6.45, 7) is 1.08. The van der Waals surface area contributed by atoms with Gasteiger partial charge in [-0.2, -0.15) is 0 Å². The van der Waals surface area contributed by atoms with Gasteiger partial charge in [0.05, 0.1) is 12.7 Å². The van der Waals surface area contributed by atoms with E-state index >= 15 is 0 Å². The summed E-state index contributed by atoms with van der Waals surface area (Å²) >= 11 is 4.91. The Balaban J connectivity index is 1.74. The number of rotatable bonds is 6. The molecule has 1 saturated carbocycles. The molecule has 1 aromatic carbocycles. The number of hydrogen-bond acceptors (Lipinski definition) is 3. The summed E-state index contributed by atoms with van der Waals surface area (Å²) in [4.78, 5) is 12.3. The minimum absolute atomic E-state index is 0.125. The quantitative estimate of drug-likeness (QED) is 0.626. The lowest BCUT2D eigenvalue weighted by Crippen LogP contribution is -2.29. The number of hydrogen-bond donors (Lipinski definition) is 2. The third kappa shape index (κ3) is 5.10. The summed E-state index contributed by atoms with van der Waals surface area (Å²) < 4.78 is 5.78. The van der Waals surface area contributed by atoms with E-state index in [1.807, 2.05) is 0 Å². The van der Waals surface area contributed by atoms with E-state index in [1.165, 1.54) is 19.3 Å². The van der Waals surface area contributed by atoms with Crippen LogP contribution in [0.25, 0.3) is 0 Å². The van der Waals surface area contributed by atoms with E-state index in [0.717, 1.165) is 12.8 Å². The molecule has 0 spiro atoms. The predicted octanol–water partition coefficient (Wildman–Crippen LogP) is 2.40. The monoisotopic (exact) mass is 306 g/mol. The van der Waals surface area contributed by atoms with Crippen molar-refractivity contribution in [3.8, 4) is 0 Å². The Hall–Kier alpha value is -1.46. The average Bonchev–Trinajstić information content (AvgIpc) is 2.52. The molecule has 1 aromatic rings. The fourth-order valence-corrected chi connectivity index (χ4v) is 2.66. The van der Waals surface area contributed by atoms with Gasteiger partial charge >= 0.3 is 0 Å². The second-order valence-electron chi connectivity index (χ2n) is 5.33. The van der Waals surface area contributed by atoms with E-state index in [1.54, 1.807) is 24.3 Å². The Labute approximate surface area is 131 Å². The van der Waals surface area contributed by atoms with E-state index in [-0.39, 0.29) is 5.91 Å². The molecule has 0 atom stereocenters. The van der Waals surface area contributed by atoms with Crippen LogP contribution in [0.2, 0.25) is 0 Å². The number of benzene rings is 1. The fraction of sp³-hybridized carbons (Fsp3) is 0.500. The highest BCUT2D eigenvalue weighted by molar-refractivity contribution is 7.80. The summed E-state index contributed by atoms with van der Waals surface area (Å²) in [6.07, 6.45) is 6.48. The van der Waals surface area contributed by atoms with Crippen molar-refractivity contribution >= 4 is 23.1 Å². The van der Waals surface area contributed by atoms with Crippen molar-refractivity contribution in [1.82, 2.24) is 5.32 Å². The molecule has 0 radical (unpaired) electrons. The lowest BCUT2D eigenvalue weighted by atomic mass is 9.98. The van der Waals surface area contributed by atoms with Crippen molar-refractivity contribution in [3.05, 3.63) is 35.4 Å². The van der Waals surface area contributed by atoms with Gasteiger partial charge in [0.2, 0.25) is 0 Å². The second kappa shape index (κ2) is 8.10. The first-order valence-electron chi connectivity index (χ1n) is 7.46. The number of ether oxygens (including phenoxy) is 1. The van der Waals surface area contributed by atoms with Crippen LogP contribution < -0.4 is 11.1 Å². The minimum atomic E-state index is -0.125. The molecule has 0 unspecified atom stereocenters. The molecule has 1 aliphatic carbocycles. The molecule has 3 N–H and O–H groups in total. The lowest BCUT2D eigenvalue weighted by molar-refractivity contribution is 0.0299. The molecular formula is C16H22N2O2S. The van der Waals surface area contributed by atoms with E-state index < -0.39 is 0 Å². The Bertz CT molecular complexity index is 499. The smallest absolute Gasteiger partial charge is 0.251 e.